The maximum absolute atomic E-state index is 13.2. The van der Waals surface area contributed by atoms with Crippen LogP contribution in [0.25, 0.3) is 0 Å². The Morgan fingerprint density at radius 1 is 1.31 bits per heavy atom. The zero-order valence-electron chi connectivity index (χ0n) is 16.4. The molecule has 0 aromatic carbocycles. The summed E-state index contributed by atoms with van der Waals surface area (Å²) in [4.78, 5) is 19.0. The molecular formula is C21H22N4O2S2. The number of rotatable bonds is 6. The van der Waals surface area contributed by atoms with Gasteiger partial charge in [0, 0.05) is 23.0 Å². The van der Waals surface area contributed by atoms with Gasteiger partial charge < -0.3 is 8.98 Å². The van der Waals surface area contributed by atoms with Gasteiger partial charge in [-0.05, 0) is 50.3 Å². The highest BCUT2D eigenvalue weighted by molar-refractivity contribution is 7.99. The first-order valence-electron chi connectivity index (χ1n) is 9.77. The second-order valence-electron chi connectivity index (χ2n) is 7.45. The van der Waals surface area contributed by atoms with Gasteiger partial charge in [0.05, 0.1) is 23.8 Å². The average molecular weight is 427 g/mol. The van der Waals surface area contributed by atoms with Gasteiger partial charge in [-0.2, -0.15) is 5.10 Å². The standard InChI is InChI=1S/C21H22N4O2S2/c1-13-14(2)24(15-7-8-15)21(22-13)29-12-20(26)25-17(19-6-4-10-28-19)11-16(23-25)18-5-3-9-27-18/h3-6,9-10,15,17H,7-8,11-12H2,1-2H3. The van der Waals surface area contributed by atoms with E-state index in [4.69, 9.17) is 9.40 Å². The summed E-state index contributed by atoms with van der Waals surface area (Å²) in [5, 5.41) is 9.27. The highest BCUT2D eigenvalue weighted by Crippen LogP contribution is 2.40. The topological polar surface area (TPSA) is 63.6 Å². The van der Waals surface area contributed by atoms with Crippen molar-refractivity contribution in [2.24, 2.45) is 5.10 Å². The summed E-state index contributed by atoms with van der Waals surface area (Å²) >= 11 is 3.17. The van der Waals surface area contributed by atoms with Crippen molar-refractivity contribution in [3.8, 4) is 0 Å². The molecule has 3 aromatic heterocycles. The van der Waals surface area contributed by atoms with E-state index in [9.17, 15) is 4.79 Å². The number of amides is 1. The maximum Gasteiger partial charge on any atom is 0.253 e. The van der Waals surface area contributed by atoms with Gasteiger partial charge in [-0.1, -0.05) is 17.8 Å². The maximum atomic E-state index is 13.2. The molecule has 4 heterocycles. The normalized spacial score (nSPS) is 19.0. The third kappa shape index (κ3) is 3.55. The molecule has 150 valence electrons. The van der Waals surface area contributed by atoms with Crippen LogP contribution in [0.3, 0.4) is 0 Å². The number of carbonyl (C=O) groups excluding carboxylic acids is 1. The summed E-state index contributed by atoms with van der Waals surface area (Å²) < 4.78 is 7.82. The number of furan rings is 1. The van der Waals surface area contributed by atoms with Crippen molar-refractivity contribution in [2.75, 3.05) is 5.75 Å². The molecule has 2 aliphatic rings. The Labute approximate surface area is 177 Å². The number of thioether (sulfide) groups is 1. The third-order valence-electron chi connectivity index (χ3n) is 5.43. The lowest BCUT2D eigenvalue weighted by molar-refractivity contribution is -0.130. The van der Waals surface area contributed by atoms with Gasteiger partial charge in [-0.25, -0.2) is 9.99 Å². The molecule has 29 heavy (non-hydrogen) atoms. The Morgan fingerprint density at radius 2 is 2.17 bits per heavy atom. The van der Waals surface area contributed by atoms with Crippen molar-refractivity contribution in [1.82, 2.24) is 14.6 Å². The second kappa shape index (κ2) is 7.50. The first-order valence-corrected chi connectivity index (χ1v) is 11.6. The van der Waals surface area contributed by atoms with Gasteiger partial charge in [0.15, 0.2) is 5.16 Å². The van der Waals surface area contributed by atoms with Gasteiger partial charge in [-0.3, -0.25) is 4.79 Å². The van der Waals surface area contributed by atoms with E-state index < -0.39 is 0 Å². The van der Waals surface area contributed by atoms with Crippen LogP contribution in [0.4, 0.5) is 0 Å². The molecule has 8 heteroatoms. The van der Waals surface area contributed by atoms with E-state index in [2.05, 4.69) is 22.7 Å². The highest BCUT2D eigenvalue weighted by Gasteiger charge is 2.35. The minimum atomic E-state index is -0.0742. The number of aryl methyl sites for hydroxylation is 1. The predicted octanol–water partition coefficient (Wildman–Crippen LogP) is 4.96. The monoisotopic (exact) mass is 426 g/mol. The van der Waals surface area contributed by atoms with E-state index in [0.29, 0.717) is 18.2 Å². The number of hydrazone groups is 1. The molecule has 0 radical (unpaired) electrons. The highest BCUT2D eigenvalue weighted by atomic mass is 32.2. The van der Waals surface area contributed by atoms with Gasteiger partial charge >= 0.3 is 0 Å². The van der Waals surface area contributed by atoms with Crippen molar-refractivity contribution < 1.29 is 9.21 Å². The summed E-state index contributed by atoms with van der Waals surface area (Å²) in [6, 6.07) is 8.29. The minimum absolute atomic E-state index is 0.00407. The molecule has 1 aliphatic carbocycles. The van der Waals surface area contributed by atoms with Crippen LogP contribution in [0.1, 0.15) is 53.4 Å². The van der Waals surface area contributed by atoms with Crippen LogP contribution >= 0.6 is 23.1 Å². The van der Waals surface area contributed by atoms with Crippen LogP contribution in [-0.4, -0.2) is 31.9 Å². The average Bonchev–Trinajstić information content (AvgIpc) is 3.18. The number of carbonyl (C=O) groups is 1. The fraction of sp³-hybridized carbons (Fsp3) is 0.381. The SMILES string of the molecule is Cc1nc(SCC(=O)N2N=C(c3ccco3)CC2c2cccs2)n(C2CC2)c1C. The zero-order chi connectivity index (χ0) is 20.0. The van der Waals surface area contributed by atoms with Crippen LogP contribution in [-0.2, 0) is 4.79 Å². The van der Waals surface area contributed by atoms with Crippen LogP contribution in [0.2, 0.25) is 0 Å². The zero-order valence-corrected chi connectivity index (χ0v) is 18.0. The van der Waals surface area contributed by atoms with Crippen molar-refractivity contribution in [2.45, 2.75) is 50.4 Å². The van der Waals surface area contributed by atoms with Gasteiger partial charge in [-0.15, -0.1) is 11.3 Å². The Kier molecular flexibility index (Phi) is 4.83. The summed E-state index contributed by atoms with van der Waals surface area (Å²) in [5.74, 6) is 1.04. The molecule has 1 aliphatic heterocycles. The lowest BCUT2D eigenvalue weighted by Gasteiger charge is -2.20. The van der Waals surface area contributed by atoms with Crippen molar-refractivity contribution in [3.63, 3.8) is 0 Å². The molecule has 0 spiro atoms. The van der Waals surface area contributed by atoms with Gasteiger partial charge in [0.2, 0.25) is 0 Å². The summed E-state index contributed by atoms with van der Waals surface area (Å²) in [6.45, 7) is 4.15. The van der Waals surface area contributed by atoms with E-state index >= 15 is 0 Å². The Hall–Kier alpha value is -2.32. The summed E-state index contributed by atoms with van der Waals surface area (Å²) in [5.41, 5.74) is 3.07. The molecule has 1 saturated carbocycles. The van der Waals surface area contributed by atoms with Crippen LogP contribution in [0, 0.1) is 13.8 Å². The number of thiophene rings is 1. The van der Waals surface area contributed by atoms with E-state index in [1.54, 1.807) is 22.6 Å². The molecular weight excluding hydrogens is 404 g/mol. The number of hydrogen-bond donors (Lipinski definition) is 0. The van der Waals surface area contributed by atoms with E-state index in [-0.39, 0.29) is 11.9 Å². The molecule has 1 unspecified atom stereocenters. The molecule has 1 fully saturated rings. The fourth-order valence-electron chi connectivity index (χ4n) is 3.69. The summed E-state index contributed by atoms with van der Waals surface area (Å²) in [6.07, 6.45) is 4.70. The molecule has 5 rings (SSSR count). The lowest BCUT2D eigenvalue weighted by Crippen LogP contribution is -2.28. The smallest absolute Gasteiger partial charge is 0.253 e. The molecule has 3 aromatic rings. The Morgan fingerprint density at radius 3 is 2.86 bits per heavy atom. The van der Waals surface area contributed by atoms with Crippen molar-refractivity contribution in [3.05, 3.63) is 57.9 Å². The van der Waals surface area contributed by atoms with Gasteiger partial charge in [0.25, 0.3) is 5.91 Å². The first-order chi connectivity index (χ1) is 14.1. The van der Waals surface area contributed by atoms with Crippen LogP contribution < -0.4 is 0 Å². The Balaban J connectivity index is 1.36. The first kappa shape index (κ1) is 18.7. The van der Waals surface area contributed by atoms with Crippen LogP contribution in [0.5, 0.6) is 0 Å². The van der Waals surface area contributed by atoms with Crippen molar-refractivity contribution in [1.29, 1.82) is 0 Å². The van der Waals surface area contributed by atoms with E-state index in [1.165, 1.54) is 30.3 Å². The molecule has 1 atom stereocenters. The molecule has 0 bridgehead atoms. The minimum Gasteiger partial charge on any atom is -0.463 e. The van der Waals surface area contributed by atoms with E-state index in [0.717, 1.165) is 27.2 Å². The van der Waals surface area contributed by atoms with Crippen molar-refractivity contribution >= 4 is 34.7 Å². The van der Waals surface area contributed by atoms with Gasteiger partial charge in [0.1, 0.15) is 11.5 Å². The predicted molar refractivity (Wildman–Crippen MR) is 114 cm³/mol. The number of hydrogen-bond acceptors (Lipinski definition) is 6. The molecule has 6 nitrogen and oxygen atoms in total. The quantitative estimate of drug-likeness (QED) is 0.523. The Bertz CT molecular complexity index is 1050. The third-order valence-corrected chi connectivity index (χ3v) is 7.35. The van der Waals surface area contributed by atoms with E-state index in [1.807, 2.05) is 30.5 Å². The fourth-order valence-corrected chi connectivity index (χ4v) is 5.51. The number of aromatic nitrogens is 2. The molecule has 0 saturated heterocycles. The second-order valence-corrected chi connectivity index (χ2v) is 9.37. The lowest BCUT2D eigenvalue weighted by atomic mass is 10.1. The van der Waals surface area contributed by atoms with Crippen LogP contribution in [0.15, 0.2) is 50.6 Å². The number of imidazole rings is 1. The number of nitrogens with zero attached hydrogens (tertiary/aromatic N) is 4. The molecule has 0 N–H and O–H groups in total. The molecule has 1 amide bonds. The largest absolute Gasteiger partial charge is 0.463 e. The summed E-state index contributed by atoms with van der Waals surface area (Å²) in [7, 11) is 0.